The molecular formula is C8H7F4N2+. The lowest BCUT2D eigenvalue weighted by Gasteiger charge is -2.07. The van der Waals surface area contributed by atoms with Crippen LogP contribution in [0.3, 0.4) is 0 Å². The Balaban J connectivity index is 3.28. The van der Waals surface area contributed by atoms with Crippen molar-refractivity contribution in [3.05, 3.63) is 35.1 Å². The highest BCUT2D eigenvalue weighted by molar-refractivity contribution is 5.92. The first-order valence-electron chi connectivity index (χ1n) is 3.57. The van der Waals surface area contributed by atoms with E-state index in [1.807, 2.05) is 0 Å². The molecule has 0 aliphatic rings. The molecule has 76 valence electrons. The molecule has 0 spiro atoms. The van der Waals surface area contributed by atoms with Gasteiger partial charge >= 0.3 is 6.18 Å². The average Bonchev–Trinajstić information content (AvgIpc) is 2.01. The van der Waals surface area contributed by atoms with Crippen molar-refractivity contribution in [3.8, 4) is 0 Å². The van der Waals surface area contributed by atoms with Crippen molar-refractivity contribution < 1.29 is 23.0 Å². The Bertz CT molecular complexity index is 370. The lowest BCUT2D eigenvalue weighted by molar-refractivity contribution is -0.137. The molecule has 1 aromatic rings. The minimum absolute atomic E-state index is 0.169. The molecule has 4 N–H and O–H groups in total. The number of halogens is 4. The summed E-state index contributed by atoms with van der Waals surface area (Å²) in [5.41, 5.74) is 3.78. The van der Waals surface area contributed by atoms with Gasteiger partial charge in [0.25, 0.3) is 5.84 Å². The second-order valence-electron chi connectivity index (χ2n) is 2.68. The summed E-state index contributed by atoms with van der Waals surface area (Å²) in [6.45, 7) is 0. The zero-order chi connectivity index (χ0) is 10.9. The van der Waals surface area contributed by atoms with Crippen LogP contribution in [0.1, 0.15) is 11.1 Å². The minimum atomic E-state index is -4.60. The molecule has 0 saturated carbocycles. The Morgan fingerprint density at radius 2 is 1.79 bits per heavy atom. The first-order chi connectivity index (χ1) is 6.30. The number of rotatable bonds is 1. The van der Waals surface area contributed by atoms with Gasteiger partial charge in [-0.15, -0.1) is 0 Å². The summed E-state index contributed by atoms with van der Waals surface area (Å²) in [6, 6.07) is 1.91. The molecule has 1 rings (SSSR count). The van der Waals surface area contributed by atoms with E-state index in [1.54, 1.807) is 0 Å². The summed E-state index contributed by atoms with van der Waals surface area (Å²) in [5.74, 6) is -1.38. The first-order valence-corrected chi connectivity index (χ1v) is 3.57. The molecule has 1 aromatic carbocycles. The summed E-state index contributed by atoms with van der Waals surface area (Å²) in [4.78, 5) is 0. The molecule has 0 fully saturated rings. The molecule has 14 heavy (non-hydrogen) atoms. The number of nitrogens with two attached hydrogens (primary N) is 2. The maximum atomic E-state index is 12.7. The third kappa shape index (κ3) is 2.21. The fourth-order valence-corrected chi connectivity index (χ4v) is 0.920. The SMILES string of the molecule is NC(=[NH2+])c1cc(F)cc(C(F)(F)F)c1. The van der Waals surface area contributed by atoms with E-state index in [-0.39, 0.29) is 11.4 Å². The molecule has 0 aromatic heterocycles. The van der Waals surface area contributed by atoms with E-state index in [0.29, 0.717) is 12.1 Å². The number of hydrogen-bond acceptors (Lipinski definition) is 0. The van der Waals surface area contributed by atoms with E-state index in [2.05, 4.69) is 0 Å². The van der Waals surface area contributed by atoms with Crippen LogP contribution in [-0.2, 0) is 6.18 Å². The zero-order valence-corrected chi connectivity index (χ0v) is 6.90. The van der Waals surface area contributed by atoms with Gasteiger partial charge in [0.1, 0.15) is 5.82 Å². The summed E-state index contributed by atoms with van der Waals surface area (Å²) in [7, 11) is 0. The Morgan fingerprint density at radius 1 is 1.21 bits per heavy atom. The summed E-state index contributed by atoms with van der Waals surface area (Å²) >= 11 is 0. The molecule has 0 aliphatic carbocycles. The van der Waals surface area contributed by atoms with Gasteiger partial charge in [0.15, 0.2) is 0 Å². The van der Waals surface area contributed by atoms with Crippen molar-refractivity contribution in [1.82, 2.24) is 0 Å². The summed E-state index contributed by atoms with van der Waals surface area (Å²) < 4.78 is 49.2. The molecule has 0 saturated heterocycles. The van der Waals surface area contributed by atoms with Crippen molar-refractivity contribution in [3.63, 3.8) is 0 Å². The van der Waals surface area contributed by atoms with Gasteiger partial charge in [0.2, 0.25) is 0 Å². The van der Waals surface area contributed by atoms with Crippen LogP contribution in [0.15, 0.2) is 18.2 Å². The highest BCUT2D eigenvalue weighted by Crippen LogP contribution is 2.30. The predicted molar refractivity (Wildman–Crippen MR) is 41.6 cm³/mol. The van der Waals surface area contributed by atoms with Crippen LogP contribution in [-0.4, -0.2) is 5.84 Å². The zero-order valence-electron chi connectivity index (χ0n) is 6.90. The van der Waals surface area contributed by atoms with Crippen LogP contribution in [0, 0.1) is 5.82 Å². The van der Waals surface area contributed by atoms with Gasteiger partial charge < -0.3 is 0 Å². The third-order valence-electron chi connectivity index (χ3n) is 1.56. The number of hydrogen-bond donors (Lipinski definition) is 2. The van der Waals surface area contributed by atoms with Gasteiger partial charge in [-0.05, 0) is 18.2 Å². The smallest absolute Gasteiger partial charge is 0.287 e. The highest BCUT2D eigenvalue weighted by atomic mass is 19.4. The van der Waals surface area contributed by atoms with Gasteiger partial charge in [-0.25, -0.2) is 4.39 Å². The number of benzene rings is 1. The summed E-state index contributed by atoms with van der Waals surface area (Å²) in [6.07, 6.45) is -4.60. The van der Waals surface area contributed by atoms with Gasteiger partial charge in [0, 0.05) is 0 Å². The fourth-order valence-electron chi connectivity index (χ4n) is 0.920. The van der Waals surface area contributed by atoms with Crippen molar-refractivity contribution in [2.45, 2.75) is 6.18 Å². The van der Waals surface area contributed by atoms with E-state index in [9.17, 15) is 17.6 Å². The Hall–Kier alpha value is -1.59. The van der Waals surface area contributed by atoms with Gasteiger partial charge in [-0.3, -0.25) is 11.1 Å². The Kier molecular flexibility index (Phi) is 2.46. The van der Waals surface area contributed by atoms with E-state index >= 15 is 0 Å². The van der Waals surface area contributed by atoms with E-state index in [1.165, 1.54) is 0 Å². The van der Waals surface area contributed by atoms with Gasteiger partial charge in [-0.1, -0.05) is 0 Å². The van der Waals surface area contributed by atoms with Crippen LogP contribution in [0.25, 0.3) is 0 Å². The highest BCUT2D eigenvalue weighted by Gasteiger charge is 2.31. The van der Waals surface area contributed by atoms with Gasteiger partial charge in [-0.2, -0.15) is 13.2 Å². The molecule has 0 aliphatic heterocycles. The van der Waals surface area contributed by atoms with Crippen molar-refractivity contribution in [1.29, 1.82) is 0 Å². The second-order valence-corrected chi connectivity index (χ2v) is 2.68. The molecule has 0 atom stereocenters. The van der Waals surface area contributed by atoms with E-state index < -0.39 is 17.6 Å². The van der Waals surface area contributed by atoms with Crippen LogP contribution in [0.5, 0.6) is 0 Å². The van der Waals surface area contributed by atoms with Gasteiger partial charge in [0.05, 0.1) is 11.1 Å². The largest absolute Gasteiger partial charge is 0.416 e. The van der Waals surface area contributed by atoms with E-state index in [4.69, 9.17) is 11.1 Å². The Labute approximate surface area is 76.8 Å². The molecular weight excluding hydrogens is 200 g/mol. The predicted octanol–water partition coefficient (Wildman–Crippen LogP) is 0.309. The molecule has 2 nitrogen and oxygen atoms in total. The molecule has 0 heterocycles. The third-order valence-corrected chi connectivity index (χ3v) is 1.56. The Morgan fingerprint density at radius 3 is 2.21 bits per heavy atom. The molecule has 0 amide bonds. The monoisotopic (exact) mass is 207 g/mol. The number of amidine groups is 1. The quantitative estimate of drug-likeness (QED) is 0.388. The maximum absolute atomic E-state index is 12.7. The number of alkyl halides is 3. The fraction of sp³-hybridized carbons (Fsp3) is 0.125. The average molecular weight is 207 g/mol. The molecule has 0 bridgehead atoms. The van der Waals surface area contributed by atoms with Crippen LogP contribution in [0.2, 0.25) is 0 Å². The van der Waals surface area contributed by atoms with Crippen molar-refractivity contribution in [2.24, 2.45) is 5.73 Å². The standard InChI is InChI=1S/C8H6F4N2/c9-6-2-4(7(13)14)1-5(3-6)8(10,11)12/h1-3H,(H3,13,14)/p+1. The molecule has 0 unspecified atom stereocenters. The van der Waals surface area contributed by atoms with E-state index in [0.717, 1.165) is 6.07 Å². The van der Waals surface area contributed by atoms with Crippen LogP contribution >= 0.6 is 0 Å². The maximum Gasteiger partial charge on any atom is 0.416 e. The second kappa shape index (κ2) is 3.28. The normalized spacial score (nSPS) is 11.4. The van der Waals surface area contributed by atoms with Crippen molar-refractivity contribution in [2.75, 3.05) is 0 Å². The first kappa shape index (κ1) is 10.5. The molecule has 0 radical (unpaired) electrons. The van der Waals surface area contributed by atoms with Crippen molar-refractivity contribution >= 4 is 5.84 Å². The lowest BCUT2D eigenvalue weighted by Crippen LogP contribution is -2.46. The topological polar surface area (TPSA) is 51.6 Å². The van der Waals surface area contributed by atoms with Crippen LogP contribution in [0.4, 0.5) is 17.6 Å². The summed E-state index contributed by atoms with van der Waals surface area (Å²) in [5, 5.41) is 5.06. The lowest BCUT2D eigenvalue weighted by atomic mass is 10.1. The van der Waals surface area contributed by atoms with Crippen LogP contribution < -0.4 is 11.1 Å². The molecule has 6 heteroatoms. The minimum Gasteiger partial charge on any atom is -0.287 e.